The largest absolute Gasteiger partial charge is 0.487 e. The first-order valence-corrected chi connectivity index (χ1v) is 7.72. The van der Waals surface area contributed by atoms with Crippen LogP contribution in [0.2, 0.25) is 6.82 Å². The van der Waals surface area contributed by atoms with Crippen LogP contribution in [0.15, 0.2) is 10.5 Å². The van der Waals surface area contributed by atoms with Crippen LogP contribution < -0.4 is 4.74 Å². The first kappa shape index (κ1) is 15.7. The number of piperazine rings is 1. The molecule has 1 amide bonds. The van der Waals surface area contributed by atoms with Crippen molar-refractivity contribution in [3.63, 3.8) is 0 Å². The Labute approximate surface area is 135 Å². The predicted molar refractivity (Wildman–Crippen MR) is 79.8 cm³/mol. The van der Waals surface area contributed by atoms with E-state index in [0.29, 0.717) is 19.6 Å². The first-order chi connectivity index (χ1) is 10.4. The highest BCUT2D eigenvalue weighted by Gasteiger charge is 2.39. The molecule has 1 aromatic rings. The fourth-order valence-corrected chi connectivity index (χ4v) is 3.24. The van der Waals surface area contributed by atoms with Gasteiger partial charge in [0.2, 0.25) is 0 Å². The molecule has 0 aromatic heterocycles. The summed E-state index contributed by atoms with van der Waals surface area (Å²) in [6.45, 7) is 2.88. The third-order valence-electron chi connectivity index (χ3n) is 4.07. The number of halogens is 3. The van der Waals surface area contributed by atoms with E-state index in [1.165, 1.54) is 4.90 Å². The smallest absolute Gasteiger partial charge is 0.376 e. The van der Waals surface area contributed by atoms with Gasteiger partial charge in [0.25, 0.3) is 5.91 Å². The van der Waals surface area contributed by atoms with Crippen molar-refractivity contribution in [3.8, 4) is 5.75 Å². The van der Waals surface area contributed by atoms with Crippen molar-refractivity contribution in [1.82, 2.24) is 9.71 Å². The molecular weight excluding hydrogens is 361 g/mol. The van der Waals surface area contributed by atoms with Crippen molar-refractivity contribution in [2.45, 2.75) is 12.9 Å². The second kappa shape index (κ2) is 5.79. The van der Waals surface area contributed by atoms with E-state index in [2.05, 4.69) is 15.9 Å². The molecule has 1 N–H and O–H groups in total. The van der Waals surface area contributed by atoms with E-state index in [0.717, 1.165) is 6.07 Å². The fourth-order valence-electron chi connectivity index (χ4n) is 2.86. The number of hydrogen-bond acceptors (Lipinski definition) is 4. The third kappa shape index (κ3) is 2.51. The average Bonchev–Trinajstić information content (AvgIpc) is 2.62. The first-order valence-electron chi connectivity index (χ1n) is 6.93. The topological polar surface area (TPSA) is 53.0 Å². The number of amides is 1. The highest BCUT2D eigenvalue weighted by molar-refractivity contribution is 9.10. The number of rotatable bonds is 1. The quantitative estimate of drug-likeness (QED) is 0.595. The van der Waals surface area contributed by atoms with Gasteiger partial charge < -0.3 is 19.5 Å². The zero-order valence-electron chi connectivity index (χ0n) is 11.9. The molecule has 22 heavy (non-hydrogen) atoms. The Balaban J connectivity index is 1.98. The van der Waals surface area contributed by atoms with Crippen molar-refractivity contribution in [2.24, 2.45) is 0 Å². The molecule has 5 nitrogen and oxygen atoms in total. The highest BCUT2D eigenvalue weighted by atomic mass is 79.9. The molecule has 9 heteroatoms. The Morgan fingerprint density at radius 3 is 2.86 bits per heavy atom. The normalized spacial score (nSPS) is 21.8. The van der Waals surface area contributed by atoms with Crippen molar-refractivity contribution >= 4 is 28.9 Å². The number of carbonyl (C=O) groups is 1. The lowest BCUT2D eigenvalue weighted by atomic mass is 9.83. The van der Waals surface area contributed by atoms with E-state index < -0.39 is 24.6 Å². The molecule has 0 spiro atoms. The van der Waals surface area contributed by atoms with Gasteiger partial charge >= 0.3 is 7.05 Å². The fraction of sp³-hybridized carbons (Fsp3) is 0.462. The monoisotopic (exact) mass is 374 g/mol. The molecule has 1 saturated heterocycles. The van der Waals surface area contributed by atoms with Gasteiger partial charge in [-0.05, 0) is 28.8 Å². The standard InChI is InChI=1S/C13H14BBrF2N2O3/c1-14(21)18-2-3-19-7(5-18)6-22-12-10(13(19)20)9(16)4-8(15)11(12)17/h4,7,21H,2-3,5-6H2,1H3/t7-/m1/s1. The van der Waals surface area contributed by atoms with E-state index in [-0.39, 0.29) is 28.4 Å². The highest BCUT2D eigenvalue weighted by Crippen LogP contribution is 2.35. The summed E-state index contributed by atoms with van der Waals surface area (Å²) >= 11 is 2.91. The number of hydrogen-bond donors (Lipinski definition) is 1. The van der Waals surface area contributed by atoms with Crippen LogP contribution in [-0.2, 0) is 0 Å². The number of carbonyl (C=O) groups excluding carboxylic acids is 1. The number of benzene rings is 1. The van der Waals surface area contributed by atoms with Crippen molar-refractivity contribution in [3.05, 3.63) is 27.7 Å². The van der Waals surface area contributed by atoms with Crippen molar-refractivity contribution in [1.29, 1.82) is 0 Å². The minimum absolute atomic E-state index is 0.0504. The molecule has 118 valence electrons. The number of ether oxygens (including phenoxy) is 1. The molecule has 1 aromatic carbocycles. The molecule has 2 aliphatic rings. The summed E-state index contributed by atoms with van der Waals surface area (Å²) in [6, 6.07) is 0.572. The van der Waals surface area contributed by atoms with E-state index in [1.807, 2.05) is 0 Å². The summed E-state index contributed by atoms with van der Waals surface area (Å²) in [7, 11) is -0.648. The maximum Gasteiger partial charge on any atom is 0.376 e. The Kier molecular flexibility index (Phi) is 4.13. The van der Waals surface area contributed by atoms with Crippen LogP contribution in [0, 0.1) is 11.6 Å². The van der Waals surface area contributed by atoms with Gasteiger partial charge in [0, 0.05) is 19.6 Å². The average molecular weight is 375 g/mol. The summed E-state index contributed by atoms with van der Waals surface area (Å²) in [4.78, 5) is 15.9. The van der Waals surface area contributed by atoms with Crippen LogP contribution in [0.3, 0.4) is 0 Å². The summed E-state index contributed by atoms with van der Waals surface area (Å²) < 4.78 is 33.6. The van der Waals surface area contributed by atoms with Crippen LogP contribution >= 0.6 is 15.9 Å². The van der Waals surface area contributed by atoms with Crippen LogP contribution in [0.5, 0.6) is 5.75 Å². The number of fused-ring (bicyclic) bond motifs is 2. The maximum atomic E-state index is 14.1. The molecule has 0 unspecified atom stereocenters. The van der Waals surface area contributed by atoms with Crippen molar-refractivity contribution < 1.29 is 23.3 Å². The second-order valence-corrected chi connectivity index (χ2v) is 6.30. The molecule has 0 radical (unpaired) electrons. The molecule has 1 fully saturated rings. The lowest BCUT2D eigenvalue weighted by Gasteiger charge is -2.40. The molecular formula is C13H14BBrF2N2O3. The van der Waals surface area contributed by atoms with Gasteiger partial charge in [-0.3, -0.25) is 4.79 Å². The van der Waals surface area contributed by atoms with Gasteiger partial charge in [-0.2, -0.15) is 0 Å². The van der Waals surface area contributed by atoms with E-state index in [4.69, 9.17) is 4.74 Å². The Morgan fingerprint density at radius 2 is 2.18 bits per heavy atom. The van der Waals surface area contributed by atoms with E-state index in [9.17, 15) is 18.6 Å². The molecule has 0 bridgehead atoms. The second-order valence-electron chi connectivity index (χ2n) is 5.45. The van der Waals surface area contributed by atoms with Crippen LogP contribution in [0.25, 0.3) is 0 Å². The summed E-state index contributed by atoms with van der Waals surface area (Å²) in [5.74, 6) is -2.52. The Bertz CT molecular complexity index is 632. The molecule has 0 aliphatic carbocycles. The summed E-state index contributed by atoms with van der Waals surface area (Å²) in [5.41, 5.74) is -0.367. The van der Waals surface area contributed by atoms with Crippen LogP contribution in [0.1, 0.15) is 10.4 Å². The minimum Gasteiger partial charge on any atom is -0.487 e. The lowest BCUT2D eigenvalue weighted by molar-refractivity contribution is 0.0494. The number of nitrogens with zero attached hydrogens (tertiary/aromatic N) is 2. The molecule has 0 saturated carbocycles. The maximum absolute atomic E-state index is 14.1. The molecule has 2 heterocycles. The summed E-state index contributed by atoms with van der Waals surface area (Å²) in [5, 5.41) is 9.66. The molecule has 1 atom stereocenters. The van der Waals surface area contributed by atoms with Gasteiger partial charge in [-0.25, -0.2) is 8.78 Å². The molecule has 2 aliphatic heterocycles. The predicted octanol–water partition coefficient (Wildman–Crippen LogP) is 1.36. The van der Waals surface area contributed by atoms with Gasteiger partial charge in [0.05, 0.1) is 10.5 Å². The zero-order chi connectivity index (χ0) is 16.0. The lowest BCUT2D eigenvalue weighted by Crippen LogP contribution is -2.59. The Hall–Kier alpha value is -1.19. The van der Waals surface area contributed by atoms with E-state index in [1.54, 1.807) is 11.6 Å². The van der Waals surface area contributed by atoms with Gasteiger partial charge in [-0.1, -0.05) is 0 Å². The third-order valence-corrected chi connectivity index (χ3v) is 4.64. The summed E-state index contributed by atoms with van der Waals surface area (Å²) in [6.07, 6.45) is 0. The van der Waals surface area contributed by atoms with Crippen LogP contribution in [-0.4, -0.2) is 60.0 Å². The SMILES string of the molecule is CB(O)N1CCN2C(=O)c3c(F)cc(Br)c(F)c3OC[C@H]2C1. The zero-order valence-corrected chi connectivity index (χ0v) is 13.4. The van der Waals surface area contributed by atoms with Crippen molar-refractivity contribution in [2.75, 3.05) is 26.2 Å². The van der Waals surface area contributed by atoms with E-state index >= 15 is 0 Å². The Morgan fingerprint density at radius 1 is 1.45 bits per heavy atom. The molecule has 3 rings (SSSR count). The van der Waals surface area contributed by atoms with Gasteiger partial charge in [-0.15, -0.1) is 0 Å². The van der Waals surface area contributed by atoms with Gasteiger partial charge in [0.15, 0.2) is 11.6 Å². The minimum atomic E-state index is -0.813. The van der Waals surface area contributed by atoms with Gasteiger partial charge in [0.1, 0.15) is 18.0 Å². The van der Waals surface area contributed by atoms with Crippen LogP contribution in [0.4, 0.5) is 8.78 Å².